The van der Waals surface area contributed by atoms with Gasteiger partial charge >= 0.3 is 0 Å². The third-order valence-electron chi connectivity index (χ3n) is 4.96. The lowest BCUT2D eigenvalue weighted by Crippen LogP contribution is -2.45. The quantitative estimate of drug-likeness (QED) is 0.826. The van der Waals surface area contributed by atoms with Crippen molar-refractivity contribution >= 4 is 17.5 Å². The first kappa shape index (κ1) is 19.1. The number of nitrogens with one attached hydrogen (secondary N) is 2. The van der Waals surface area contributed by atoms with Gasteiger partial charge in [-0.15, -0.1) is 0 Å². The van der Waals surface area contributed by atoms with Gasteiger partial charge in [0, 0.05) is 12.2 Å². The van der Waals surface area contributed by atoms with Crippen LogP contribution >= 0.6 is 0 Å². The minimum atomic E-state index is -0.0849. The molecule has 1 aliphatic heterocycles. The van der Waals surface area contributed by atoms with Crippen LogP contribution < -0.4 is 10.6 Å². The molecule has 0 spiro atoms. The Labute approximate surface area is 160 Å². The molecule has 2 atom stereocenters. The van der Waals surface area contributed by atoms with Gasteiger partial charge in [0.05, 0.1) is 18.5 Å². The van der Waals surface area contributed by atoms with Crippen LogP contribution in [0.3, 0.4) is 0 Å². The molecule has 1 saturated heterocycles. The third-order valence-corrected chi connectivity index (χ3v) is 4.96. The maximum absolute atomic E-state index is 12.5. The van der Waals surface area contributed by atoms with Gasteiger partial charge in [-0.05, 0) is 44.0 Å². The number of amides is 2. The van der Waals surface area contributed by atoms with Gasteiger partial charge < -0.3 is 10.6 Å². The molecule has 1 heterocycles. The highest BCUT2D eigenvalue weighted by atomic mass is 16.2. The van der Waals surface area contributed by atoms with Crippen molar-refractivity contribution in [1.82, 2.24) is 10.2 Å². The van der Waals surface area contributed by atoms with Crippen LogP contribution in [0, 0.1) is 5.92 Å². The van der Waals surface area contributed by atoms with Crippen LogP contribution in [-0.4, -0.2) is 36.3 Å². The number of benzene rings is 2. The van der Waals surface area contributed by atoms with Gasteiger partial charge in [-0.25, -0.2) is 0 Å². The lowest BCUT2D eigenvalue weighted by atomic mass is 9.97. The third kappa shape index (κ3) is 5.66. The number of carbonyl (C=O) groups is 2. The van der Waals surface area contributed by atoms with E-state index in [1.807, 2.05) is 67.6 Å². The Bertz CT molecular complexity index is 749. The first-order valence-corrected chi connectivity index (χ1v) is 9.54. The van der Waals surface area contributed by atoms with Gasteiger partial charge in [-0.2, -0.15) is 0 Å². The second kappa shape index (κ2) is 9.33. The second-order valence-electron chi connectivity index (χ2n) is 7.13. The number of piperidine rings is 1. The Hall–Kier alpha value is -2.66. The van der Waals surface area contributed by atoms with Crippen LogP contribution in [0.15, 0.2) is 60.7 Å². The molecular weight excluding hydrogens is 338 g/mol. The van der Waals surface area contributed by atoms with E-state index in [9.17, 15) is 9.59 Å². The summed E-state index contributed by atoms with van der Waals surface area (Å²) < 4.78 is 0. The van der Waals surface area contributed by atoms with Crippen molar-refractivity contribution in [3.05, 3.63) is 66.2 Å². The SMILES string of the molecule is C[C@@H](NC(=O)CN1CCC[C@@H](C(=O)Nc2ccccc2)C1)c1ccccc1. The molecule has 5 nitrogen and oxygen atoms in total. The Morgan fingerprint density at radius 3 is 2.44 bits per heavy atom. The maximum Gasteiger partial charge on any atom is 0.234 e. The molecule has 142 valence electrons. The standard InChI is InChI=1S/C22H27N3O2/c1-17(18-9-4-2-5-10-18)23-21(26)16-25-14-8-11-19(15-25)22(27)24-20-12-6-3-7-13-20/h2-7,9-10,12-13,17,19H,8,11,14-16H2,1H3,(H,23,26)(H,24,27)/t17-,19-/m1/s1. The number of carbonyl (C=O) groups excluding carboxylic acids is 2. The molecule has 2 aromatic carbocycles. The number of anilines is 1. The molecule has 0 unspecified atom stereocenters. The summed E-state index contributed by atoms with van der Waals surface area (Å²) in [7, 11) is 0. The molecule has 0 radical (unpaired) electrons. The fourth-order valence-electron chi connectivity index (χ4n) is 3.49. The zero-order valence-electron chi connectivity index (χ0n) is 15.7. The molecule has 2 amide bonds. The fourth-order valence-corrected chi connectivity index (χ4v) is 3.49. The number of nitrogens with zero attached hydrogens (tertiary/aromatic N) is 1. The van der Waals surface area contributed by atoms with Crippen LogP contribution in [0.4, 0.5) is 5.69 Å². The summed E-state index contributed by atoms with van der Waals surface area (Å²) in [6.07, 6.45) is 1.78. The topological polar surface area (TPSA) is 61.4 Å². The summed E-state index contributed by atoms with van der Waals surface area (Å²) in [6, 6.07) is 19.4. The van der Waals surface area contributed by atoms with Gasteiger partial charge in [-0.1, -0.05) is 48.5 Å². The second-order valence-corrected chi connectivity index (χ2v) is 7.13. The zero-order chi connectivity index (χ0) is 19.1. The van der Waals surface area contributed by atoms with E-state index in [2.05, 4.69) is 15.5 Å². The van der Waals surface area contributed by atoms with E-state index in [1.165, 1.54) is 0 Å². The Kier molecular flexibility index (Phi) is 6.60. The molecule has 1 fully saturated rings. The van der Waals surface area contributed by atoms with Crippen molar-refractivity contribution in [2.75, 3.05) is 25.0 Å². The average Bonchev–Trinajstić information content (AvgIpc) is 2.69. The Morgan fingerprint density at radius 1 is 1.07 bits per heavy atom. The van der Waals surface area contributed by atoms with Gasteiger partial charge in [0.2, 0.25) is 11.8 Å². The van der Waals surface area contributed by atoms with Crippen LogP contribution in [0.5, 0.6) is 0 Å². The normalized spacial score (nSPS) is 18.5. The highest BCUT2D eigenvalue weighted by molar-refractivity contribution is 5.92. The molecule has 27 heavy (non-hydrogen) atoms. The lowest BCUT2D eigenvalue weighted by Gasteiger charge is -2.31. The number of rotatable bonds is 6. The molecule has 0 saturated carbocycles. The first-order chi connectivity index (χ1) is 13.1. The fraction of sp³-hybridized carbons (Fsp3) is 0.364. The van der Waals surface area contributed by atoms with Crippen LogP contribution in [0.25, 0.3) is 0 Å². The van der Waals surface area contributed by atoms with Gasteiger partial charge in [0.15, 0.2) is 0 Å². The van der Waals surface area contributed by atoms with Crippen molar-refractivity contribution < 1.29 is 9.59 Å². The van der Waals surface area contributed by atoms with E-state index >= 15 is 0 Å². The lowest BCUT2D eigenvalue weighted by molar-refractivity contribution is -0.126. The molecule has 0 bridgehead atoms. The number of para-hydroxylation sites is 1. The van der Waals surface area contributed by atoms with Crippen molar-refractivity contribution in [2.24, 2.45) is 5.92 Å². The van der Waals surface area contributed by atoms with Crippen molar-refractivity contribution in [3.63, 3.8) is 0 Å². The van der Waals surface area contributed by atoms with Gasteiger partial charge in [0.1, 0.15) is 0 Å². The molecule has 1 aliphatic rings. The number of hydrogen-bond donors (Lipinski definition) is 2. The van der Waals surface area contributed by atoms with Crippen molar-refractivity contribution in [2.45, 2.75) is 25.8 Å². The van der Waals surface area contributed by atoms with Gasteiger partial charge in [0.25, 0.3) is 0 Å². The highest BCUT2D eigenvalue weighted by Gasteiger charge is 2.27. The average molecular weight is 365 g/mol. The van der Waals surface area contributed by atoms with E-state index in [1.54, 1.807) is 0 Å². The summed E-state index contributed by atoms with van der Waals surface area (Å²) >= 11 is 0. The van der Waals surface area contributed by atoms with Crippen LogP contribution in [-0.2, 0) is 9.59 Å². The summed E-state index contributed by atoms with van der Waals surface area (Å²) in [6.45, 7) is 3.78. The van der Waals surface area contributed by atoms with Crippen molar-refractivity contribution in [3.8, 4) is 0 Å². The maximum atomic E-state index is 12.5. The number of hydrogen-bond acceptors (Lipinski definition) is 3. The molecule has 0 aliphatic carbocycles. The molecule has 2 aromatic rings. The summed E-state index contributed by atoms with van der Waals surface area (Å²) in [5.74, 6) is -0.0577. The Balaban J connectivity index is 1.49. The molecule has 2 N–H and O–H groups in total. The monoisotopic (exact) mass is 365 g/mol. The smallest absolute Gasteiger partial charge is 0.234 e. The summed E-state index contributed by atoms with van der Waals surface area (Å²) in [5.41, 5.74) is 1.90. The van der Waals surface area contributed by atoms with Crippen molar-refractivity contribution in [1.29, 1.82) is 0 Å². The molecular formula is C22H27N3O2. The predicted molar refractivity (Wildman–Crippen MR) is 107 cm³/mol. The van der Waals surface area contributed by atoms with E-state index in [4.69, 9.17) is 0 Å². The van der Waals surface area contributed by atoms with E-state index in [0.29, 0.717) is 13.1 Å². The molecule has 5 heteroatoms. The molecule has 0 aromatic heterocycles. The van der Waals surface area contributed by atoms with E-state index in [-0.39, 0.29) is 23.8 Å². The van der Waals surface area contributed by atoms with Crippen LogP contribution in [0.1, 0.15) is 31.4 Å². The van der Waals surface area contributed by atoms with E-state index < -0.39 is 0 Å². The zero-order valence-corrected chi connectivity index (χ0v) is 15.7. The van der Waals surface area contributed by atoms with E-state index in [0.717, 1.165) is 30.6 Å². The summed E-state index contributed by atoms with van der Waals surface area (Å²) in [5, 5.41) is 6.02. The minimum absolute atomic E-state index is 0.00419. The molecule has 3 rings (SSSR count). The largest absolute Gasteiger partial charge is 0.348 e. The minimum Gasteiger partial charge on any atom is -0.348 e. The number of likely N-dealkylation sites (tertiary alicyclic amines) is 1. The van der Waals surface area contributed by atoms with Gasteiger partial charge in [-0.3, -0.25) is 14.5 Å². The first-order valence-electron chi connectivity index (χ1n) is 9.54. The van der Waals surface area contributed by atoms with Crippen LogP contribution in [0.2, 0.25) is 0 Å². The summed E-state index contributed by atoms with van der Waals surface area (Å²) in [4.78, 5) is 27.0. The predicted octanol–water partition coefficient (Wildman–Crippen LogP) is 3.21. The Morgan fingerprint density at radius 2 is 1.74 bits per heavy atom. The highest BCUT2D eigenvalue weighted by Crippen LogP contribution is 2.19.